The van der Waals surface area contributed by atoms with Crippen molar-refractivity contribution in [1.82, 2.24) is 17.9 Å². The molecule has 0 N–H and O–H groups in total. The molecule has 4 nitrogen and oxygen atoms in total. The van der Waals surface area contributed by atoms with Gasteiger partial charge in [-0.3, -0.25) is 8.97 Å². The fourth-order valence-electron chi connectivity index (χ4n) is 8.87. The van der Waals surface area contributed by atoms with Gasteiger partial charge < -0.3 is 8.97 Å². The second kappa shape index (κ2) is 10.3. The van der Waals surface area contributed by atoms with E-state index in [2.05, 4.69) is 200 Å². The van der Waals surface area contributed by atoms with Crippen molar-refractivity contribution < 1.29 is 0 Å². The lowest BCUT2D eigenvalue weighted by atomic mass is 10.0. The van der Waals surface area contributed by atoms with Crippen molar-refractivity contribution in [2.75, 3.05) is 0 Å². The molecule has 0 saturated carbocycles. The highest BCUT2D eigenvalue weighted by Crippen LogP contribution is 2.41. The van der Waals surface area contributed by atoms with Gasteiger partial charge in [0.25, 0.3) is 0 Å². The molecule has 0 amide bonds. The number of benzene rings is 7. The van der Waals surface area contributed by atoms with E-state index in [1.807, 2.05) is 0 Å². The lowest BCUT2D eigenvalue weighted by molar-refractivity contribution is 1.10. The summed E-state index contributed by atoms with van der Waals surface area (Å²) in [4.78, 5) is 0. The first-order valence-corrected chi connectivity index (χ1v) is 17.9. The zero-order chi connectivity index (χ0) is 33.9. The van der Waals surface area contributed by atoms with E-state index in [0.717, 1.165) is 11.3 Å². The summed E-state index contributed by atoms with van der Waals surface area (Å²) in [6, 6.07) is 66.5. The molecule has 0 saturated heterocycles. The van der Waals surface area contributed by atoms with Crippen LogP contribution < -0.4 is 0 Å². The Morgan fingerprint density at radius 1 is 0.288 bits per heavy atom. The molecule has 4 heteroatoms. The topological polar surface area (TPSA) is 18.7 Å². The Bertz CT molecular complexity index is 3390. The predicted octanol–water partition coefficient (Wildman–Crippen LogP) is 12.4. The van der Waals surface area contributed by atoms with E-state index in [1.54, 1.807) is 0 Å². The van der Waals surface area contributed by atoms with Crippen molar-refractivity contribution >= 4 is 76.7 Å². The molecule has 7 aromatic carbocycles. The van der Waals surface area contributed by atoms with E-state index in [9.17, 15) is 0 Å². The molecule has 0 bridgehead atoms. The van der Waals surface area contributed by atoms with Crippen LogP contribution in [-0.4, -0.2) is 17.9 Å². The first kappa shape index (κ1) is 27.7. The van der Waals surface area contributed by atoms with Gasteiger partial charge in [-0.25, -0.2) is 0 Å². The lowest BCUT2D eigenvalue weighted by Crippen LogP contribution is -2.01. The summed E-state index contributed by atoms with van der Waals surface area (Å²) in [5.41, 5.74) is 15.5. The van der Waals surface area contributed by atoms with Crippen LogP contribution in [0.3, 0.4) is 0 Å². The van der Waals surface area contributed by atoms with Gasteiger partial charge in [0.15, 0.2) is 0 Å². The van der Waals surface area contributed by atoms with E-state index in [0.29, 0.717) is 0 Å². The Kier molecular flexibility index (Phi) is 5.47. The Balaban J connectivity index is 1.22. The van der Waals surface area contributed by atoms with Gasteiger partial charge in [0.05, 0.1) is 44.1 Å². The van der Waals surface area contributed by atoms with Crippen molar-refractivity contribution in [2.24, 2.45) is 0 Å². The van der Waals surface area contributed by atoms with Crippen LogP contribution in [0.2, 0.25) is 0 Å². The minimum Gasteiger partial charge on any atom is -0.309 e. The molecule has 0 aliphatic heterocycles. The maximum atomic E-state index is 2.49. The maximum absolute atomic E-state index is 2.49. The minimum absolute atomic E-state index is 1.14. The van der Waals surface area contributed by atoms with Gasteiger partial charge in [-0.15, -0.1) is 0 Å². The number of para-hydroxylation sites is 5. The number of nitrogens with zero attached hydrogens (tertiary/aromatic N) is 4. The summed E-state index contributed by atoms with van der Waals surface area (Å²) >= 11 is 0. The Morgan fingerprint density at radius 2 is 0.827 bits per heavy atom. The molecule has 0 atom stereocenters. The first-order chi connectivity index (χ1) is 25.8. The highest BCUT2D eigenvalue weighted by Gasteiger charge is 2.23. The van der Waals surface area contributed by atoms with Crippen LogP contribution in [0.25, 0.3) is 99.2 Å². The Morgan fingerprint density at radius 3 is 1.56 bits per heavy atom. The zero-order valence-corrected chi connectivity index (χ0v) is 28.1. The molecule has 0 unspecified atom stereocenters. The van der Waals surface area contributed by atoms with Crippen LogP contribution in [0.5, 0.6) is 0 Å². The Hall–Kier alpha value is -7.04. The van der Waals surface area contributed by atoms with Gasteiger partial charge >= 0.3 is 0 Å². The molecule has 5 aromatic heterocycles. The van der Waals surface area contributed by atoms with Crippen molar-refractivity contribution in [2.45, 2.75) is 0 Å². The molecule has 52 heavy (non-hydrogen) atoms. The minimum atomic E-state index is 1.14. The fraction of sp³-hybridized carbons (Fsp3) is 0. The number of hydrogen-bond donors (Lipinski definition) is 0. The van der Waals surface area contributed by atoms with Crippen molar-refractivity contribution in [1.29, 1.82) is 0 Å². The van der Waals surface area contributed by atoms with E-state index >= 15 is 0 Å². The summed E-state index contributed by atoms with van der Waals surface area (Å²) < 4.78 is 9.83. The first-order valence-electron chi connectivity index (χ1n) is 17.9. The molecule has 0 fully saturated rings. The van der Waals surface area contributed by atoms with Gasteiger partial charge in [0.2, 0.25) is 0 Å². The van der Waals surface area contributed by atoms with Crippen LogP contribution in [0.1, 0.15) is 0 Å². The third kappa shape index (κ3) is 3.65. The zero-order valence-electron chi connectivity index (χ0n) is 28.1. The van der Waals surface area contributed by atoms with Gasteiger partial charge in [0, 0.05) is 38.3 Å². The molecule has 12 aromatic rings. The quantitative estimate of drug-likeness (QED) is 0.179. The van der Waals surface area contributed by atoms with E-state index in [1.165, 1.54) is 87.9 Å². The summed E-state index contributed by atoms with van der Waals surface area (Å²) in [5, 5.41) is 6.20. The second-order valence-electron chi connectivity index (χ2n) is 13.8. The fourth-order valence-corrected chi connectivity index (χ4v) is 8.87. The lowest BCUT2D eigenvalue weighted by Gasteiger charge is -2.12. The molecule has 0 spiro atoms. The molecule has 0 aliphatic carbocycles. The van der Waals surface area contributed by atoms with Crippen LogP contribution in [0.4, 0.5) is 0 Å². The average molecular weight is 663 g/mol. The monoisotopic (exact) mass is 662 g/mol. The highest BCUT2D eigenvalue weighted by atomic mass is 15.1. The third-order valence-corrected chi connectivity index (χ3v) is 11.1. The summed E-state index contributed by atoms with van der Waals surface area (Å²) in [7, 11) is 0. The highest BCUT2D eigenvalue weighted by molar-refractivity contribution is 6.15. The van der Waals surface area contributed by atoms with Crippen molar-refractivity contribution in [3.8, 4) is 22.5 Å². The molecular weight excluding hydrogens is 633 g/mol. The number of fused-ring (bicyclic) bond motifs is 15. The molecule has 0 aliphatic rings. The van der Waals surface area contributed by atoms with Gasteiger partial charge in [-0.05, 0) is 90.0 Å². The van der Waals surface area contributed by atoms with Crippen molar-refractivity contribution in [3.05, 3.63) is 182 Å². The SMILES string of the molecule is c1ccc(-n2c3ccccc3c3cc(-c4ccc5c(c4)n(-c4ccccc4)c4c5n5c6ccccc6cc5c5cc6ccccc6n54)ccc32)cc1. The Labute approximate surface area is 298 Å². The normalized spacial score (nSPS) is 12.2. The van der Waals surface area contributed by atoms with Crippen LogP contribution >= 0.6 is 0 Å². The van der Waals surface area contributed by atoms with E-state index < -0.39 is 0 Å². The molecule has 5 heterocycles. The number of aromatic nitrogens is 4. The average Bonchev–Trinajstić information content (AvgIpc) is 3.96. The smallest absolute Gasteiger partial charge is 0.148 e. The van der Waals surface area contributed by atoms with Gasteiger partial charge in [-0.1, -0.05) is 103 Å². The van der Waals surface area contributed by atoms with Crippen LogP contribution in [0, 0.1) is 0 Å². The molecular formula is C48H30N4. The van der Waals surface area contributed by atoms with Crippen LogP contribution in [-0.2, 0) is 0 Å². The molecule has 242 valence electrons. The summed E-state index contributed by atoms with van der Waals surface area (Å²) in [6.45, 7) is 0. The summed E-state index contributed by atoms with van der Waals surface area (Å²) in [5.74, 6) is 0. The molecule has 12 rings (SSSR count). The number of rotatable bonds is 3. The van der Waals surface area contributed by atoms with Gasteiger partial charge in [-0.2, -0.15) is 0 Å². The van der Waals surface area contributed by atoms with E-state index in [4.69, 9.17) is 0 Å². The largest absolute Gasteiger partial charge is 0.309 e. The summed E-state index contributed by atoms with van der Waals surface area (Å²) in [6.07, 6.45) is 0. The standard InChI is InChI=1S/C48H30N4/c1-3-15-35(16-4-1)49-42-22-12-9-19-37(42)39-27-31(24-26-43(39)49)32-23-25-38-44(28-32)50(36-17-5-2-6-18-36)48-47(38)51-40-20-10-7-13-33(40)29-45(51)46-30-34-14-8-11-21-41(34)52(46)48/h1-30H. The van der Waals surface area contributed by atoms with E-state index in [-0.39, 0.29) is 0 Å². The second-order valence-corrected chi connectivity index (χ2v) is 13.8. The number of hydrogen-bond acceptors (Lipinski definition) is 0. The van der Waals surface area contributed by atoms with Gasteiger partial charge in [0.1, 0.15) is 5.65 Å². The third-order valence-electron chi connectivity index (χ3n) is 11.1. The predicted molar refractivity (Wildman–Crippen MR) is 217 cm³/mol. The molecule has 0 radical (unpaired) electrons. The van der Waals surface area contributed by atoms with Crippen LogP contribution in [0.15, 0.2) is 182 Å². The van der Waals surface area contributed by atoms with Crippen molar-refractivity contribution in [3.63, 3.8) is 0 Å². The maximum Gasteiger partial charge on any atom is 0.148 e.